The Labute approximate surface area is 63.1 Å². The summed E-state index contributed by atoms with van der Waals surface area (Å²) in [5, 5.41) is 14.8. The van der Waals surface area contributed by atoms with Gasteiger partial charge in [0.25, 0.3) is 0 Å². The zero-order valence-corrected chi connectivity index (χ0v) is 6.08. The first-order valence-corrected chi connectivity index (χ1v) is 0.914. The van der Waals surface area contributed by atoms with Gasteiger partial charge in [-0.25, -0.2) is 0 Å². The van der Waals surface area contributed by atoms with E-state index in [1.54, 1.807) is 0 Å². The zero-order chi connectivity index (χ0) is 3.91. The van der Waals surface area contributed by atoms with Crippen molar-refractivity contribution in [2.75, 3.05) is 0 Å². The van der Waals surface area contributed by atoms with Gasteiger partial charge in [-0.3, -0.25) is 0 Å². The van der Waals surface area contributed by atoms with E-state index in [0.29, 0.717) is 0 Å². The van der Waals surface area contributed by atoms with E-state index >= 15 is 0 Å². The topological polar surface area (TPSA) is 131 Å². The van der Waals surface area contributed by atoms with Crippen molar-refractivity contribution in [3.8, 4) is 0 Å². The van der Waals surface area contributed by atoms with E-state index in [2.05, 4.69) is 9.98 Å². The van der Waals surface area contributed by atoms with Gasteiger partial charge in [-0.1, -0.05) is 0 Å². The van der Waals surface area contributed by atoms with Crippen LogP contribution in [-0.2, 0) is 36.2 Å². The van der Waals surface area contributed by atoms with Crippen LogP contribution in [0.25, 0.3) is 0 Å². The van der Waals surface area contributed by atoms with Crippen LogP contribution in [0.5, 0.6) is 0 Å². The summed E-state index contributed by atoms with van der Waals surface area (Å²) in [5.74, 6) is 0. The summed E-state index contributed by atoms with van der Waals surface area (Å²) in [7, 11) is 0. The minimum absolute atomic E-state index is 0. The molecule has 0 unspecified atom stereocenters. The van der Waals surface area contributed by atoms with Crippen molar-refractivity contribution < 1.29 is 57.5 Å². The van der Waals surface area contributed by atoms with Crippen LogP contribution in [0.3, 0.4) is 0 Å². The van der Waals surface area contributed by atoms with Gasteiger partial charge in [0.15, 0.2) is 5.14 Å². The summed E-state index contributed by atoms with van der Waals surface area (Å²) in [5.41, 5.74) is 0. The molecular weight excluding hydrogens is 201 g/mol. The zero-order valence-electron chi connectivity index (χ0n) is 3.62. The Morgan fingerprint density at radius 1 is 1.25 bits per heavy atom. The van der Waals surface area contributed by atoms with E-state index in [1.807, 2.05) is 0 Å². The van der Waals surface area contributed by atoms with E-state index < -0.39 is 5.14 Å². The minimum Gasteiger partial charge on any atom is -0.523 e. The number of hydrogen-bond donors (Lipinski definition) is 1. The fourth-order valence-corrected chi connectivity index (χ4v) is 0.0285. The van der Waals surface area contributed by atoms with E-state index in [9.17, 15) is 5.21 Å². The fraction of sp³-hybridized carbons (Fsp3) is 0. The van der Waals surface area contributed by atoms with Crippen molar-refractivity contribution in [1.29, 1.82) is 0 Å². The number of nitrogens with zero attached hydrogens (tertiary/aromatic N) is 1. The first kappa shape index (κ1) is 15.8. The molecule has 0 saturated carbocycles. The second-order valence-corrected chi connectivity index (χ2v) is 0.618. The van der Waals surface area contributed by atoms with Gasteiger partial charge in [0.2, 0.25) is 0 Å². The average Bonchev–Trinajstić information content (AvgIpc) is 1.76. The molecule has 1 aliphatic rings. The summed E-state index contributed by atoms with van der Waals surface area (Å²) in [6.45, 7) is 0. The Morgan fingerprint density at radius 2 is 1.38 bits per heavy atom. The molecule has 5 N–H and O–H groups in total. The molecular formula is H5NO6Zr. The third kappa shape index (κ3) is 6.60. The van der Waals surface area contributed by atoms with E-state index in [4.69, 9.17) is 5.21 Å². The predicted octanol–water partition coefficient (Wildman–Crippen LogP) is -2.17. The molecule has 50 valence electrons. The van der Waals surface area contributed by atoms with Crippen LogP contribution < -0.4 is 0 Å². The number of quaternary nitrogens is 1. The molecule has 0 radical (unpaired) electrons. The molecule has 1 rings (SSSR count). The van der Waals surface area contributed by atoms with Gasteiger partial charge in [-0.15, -0.1) is 5.21 Å². The molecule has 0 aromatic carbocycles. The average molecular weight is 206 g/mol. The van der Waals surface area contributed by atoms with Crippen LogP contribution in [-0.4, -0.2) is 21.3 Å². The van der Waals surface area contributed by atoms with E-state index in [0.717, 1.165) is 0 Å². The maximum absolute atomic E-state index is 9.26. The molecule has 1 heterocycles. The molecule has 1 aliphatic heterocycles. The first-order valence-electron chi connectivity index (χ1n) is 0.914. The largest absolute Gasteiger partial charge is 0.523 e. The summed E-state index contributed by atoms with van der Waals surface area (Å²) in [6.07, 6.45) is 0. The molecule has 8 heteroatoms. The van der Waals surface area contributed by atoms with Gasteiger partial charge < -0.3 is 16.2 Å². The molecule has 7 nitrogen and oxygen atoms in total. The summed E-state index contributed by atoms with van der Waals surface area (Å²) in [6, 6.07) is 0. The standard InChI is InChI=1S/HNO4.2H2O.Zr/c2-1(3)4-5-1;;;/h2H;2*1H2;. The third-order valence-electron chi connectivity index (χ3n) is 0.202. The Morgan fingerprint density at radius 3 is 1.38 bits per heavy atom. The Hall–Kier alpha value is 0.603. The van der Waals surface area contributed by atoms with Gasteiger partial charge in [0.1, 0.15) is 9.98 Å². The van der Waals surface area contributed by atoms with Gasteiger partial charge in [0, 0.05) is 26.2 Å². The third-order valence-corrected chi connectivity index (χ3v) is 0.202. The van der Waals surface area contributed by atoms with Crippen molar-refractivity contribution in [1.82, 2.24) is 0 Å². The maximum Gasteiger partial charge on any atom is 0.154 e. The predicted molar refractivity (Wildman–Crippen MR) is 14.8 cm³/mol. The van der Waals surface area contributed by atoms with Gasteiger partial charge >= 0.3 is 0 Å². The molecule has 0 atom stereocenters. The van der Waals surface area contributed by atoms with Crippen molar-refractivity contribution in [3.63, 3.8) is 0 Å². The minimum atomic E-state index is -2.00. The van der Waals surface area contributed by atoms with Crippen molar-refractivity contribution in [2.45, 2.75) is 0 Å². The van der Waals surface area contributed by atoms with Crippen molar-refractivity contribution in [2.24, 2.45) is 0 Å². The molecule has 0 aromatic rings. The van der Waals surface area contributed by atoms with Crippen LogP contribution in [0, 0.1) is 5.21 Å². The Kier molecular flexibility index (Phi) is 8.87. The summed E-state index contributed by atoms with van der Waals surface area (Å²) < 4.78 is 0. The molecule has 1 fully saturated rings. The van der Waals surface area contributed by atoms with Gasteiger partial charge in [-0.2, -0.15) is 0 Å². The monoisotopic (exact) mass is 205 g/mol. The van der Waals surface area contributed by atoms with Crippen LogP contribution in [0.15, 0.2) is 0 Å². The Balaban J connectivity index is -0.0000000833. The van der Waals surface area contributed by atoms with Crippen LogP contribution in [0.2, 0.25) is 0 Å². The summed E-state index contributed by atoms with van der Waals surface area (Å²) >= 11 is 0. The van der Waals surface area contributed by atoms with E-state index in [-0.39, 0.29) is 37.2 Å². The van der Waals surface area contributed by atoms with Gasteiger partial charge in [0.05, 0.1) is 0 Å². The molecule has 0 aromatic heterocycles. The van der Waals surface area contributed by atoms with Crippen LogP contribution in [0.1, 0.15) is 0 Å². The molecule has 0 aliphatic carbocycles. The molecule has 0 amide bonds. The number of rotatable bonds is 0. The first-order chi connectivity index (χ1) is 2.21. The summed E-state index contributed by atoms with van der Waals surface area (Å²) in [4.78, 5) is 6.67. The molecule has 1 saturated heterocycles. The fourth-order valence-electron chi connectivity index (χ4n) is 0.0285. The normalized spacial score (nSPS) is 18.8. The smallest absolute Gasteiger partial charge is 0.154 e. The van der Waals surface area contributed by atoms with Crippen molar-refractivity contribution >= 4 is 0 Å². The second-order valence-electron chi connectivity index (χ2n) is 0.618. The molecule has 0 spiro atoms. The molecule has 8 heavy (non-hydrogen) atoms. The van der Waals surface area contributed by atoms with Crippen LogP contribution >= 0.6 is 0 Å². The number of hydrogen-bond acceptors (Lipinski definition) is 4. The second kappa shape index (κ2) is 4.48. The SMILES string of the molecule is O.O.[O-][N+]1(O)OO1.[Zr]. The van der Waals surface area contributed by atoms with Crippen LogP contribution in [0.4, 0.5) is 0 Å². The Bertz CT molecular complexity index is 46.5. The van der Waals surface area contributed by atoms with E-state index in [1.165, 1.54) is 0 Å². The van der Waals surface area contributed by atoms with Crippen molar-refractivity contribution in [3.05, 3.63) is 5.21 Å². The maximum atomic E-state index is 9.26. The quantitative estimate of drug-likeness (QED) is 0.209. The molecule has 0 bridgehead atoms. The van der Waals surface area contributed by atoms with Gasteiger partial charge in [-0.05, 0) is 0 Å².